The van der Waals surface area contributed by atoms with Gasteiger partial charge >= 0.3 is 12.1 Å². The highest BCUT2D eigenvalue weighted by molar-refractivity contribution is 7.26. The minimum absolute atomic E-state index is 0.159. The van der Waals surface area contributed by atoms with Gasteiger partial charge in [-0.25, -0.2) is 9.59 Å². The van der Waals surface area contributed by atoms with Crippen molar-refractivity contribution < 1.29 is 28.3 Å². The van der Waals surface area contributed by atoms with E-state index in [0.717, 1.165) is 4.70 Å². The molecule has 3 aromatic rings. The first-order chi connectivity index (χ1) is 14.5. The van der Waals surface area contributed by atoms with Crippen molar-refractivity contribution in [2.75, 3.05) is 18.5 Å². The molecule has 0 saturated heterocycles. The van der Waals surface area contributed by atoms with Gasteiger partial charge in [-0.3, -0.25) is 4.79 Å². The summed E-state index contributed by atoms with van der Waals surface area (Å²) in [6, 6.07) is 4.60. The Kier molecular flexibility index (Phi) is 6.25. The van der Waals surface area contributed by atoms with Gasteiger partial charge in [0, 0.05) is 16.6 Å². The van der Waals surface area contributed by atoms with Gasteiger partial charge in [0.15, 0.2) is 5.58 Å². The van der Waals surface area contributed by atoms with E-state index in [1.807, 2.05) is 6.07 Å². The van der Waals surface area contributed by atoms with Crippen LogP contribution in [0.1, 0.15) is 37.7 Å². The lowest BCUT2D eigenvalue weighted by Crippen LogP contribution is -2.33. The first kappa shape index (κ1) is 22.2. The number of alkyl carbamates (subject to hydrolysis) is 1. The van der Waals surface area contributed by atoms with Crippen molar-refractivity contribution in [2.45, 2.75) is 32.8 Å². The number of nitrogens with one attached hydrogen (secondary N) is 2. The van der Waals surface area contributed by atoms with Crippen molar-refractivity contribution in [3.8, 4) is 5.75 Å². The van der Waals surface area contributed by atoms with Crippen molar-refractivity contribution in [1.29, 1.82) is 0 Å². The highest BCUT2D eigenvalue weighted by Crippen LogP contribution is 2.43. The van der Waals surface area contributed by atoms with Gasteiger partial charge in [0.1, 0.15) is 17.0 Å². The topological polar surface area (TPSA) is 159 Å². The number of furan rings is 1. The summed E-state index contributed by atoms with van der Waals surface area (Å²) in [5, 5.41) is 5.78. The van der Waals surface area contributed by atoms with Crippen molar-refractivity contribution in [2.24, 2.45) is 11.5 Å². The number of thiophene rings is 1. The third kappa shape index (κ3) is 5.37. The number of fused-ring (bicyclic) bond motifs is 3. The first-order valence-electron chi connectivity index (χ1n) is 9.50. The molecule has 0 unspecified atom stereocenters. The molecule has 31 heavy (non-hydrogen) atoms. The van der Waals surface area contributed by atoms with Crippen LogP contribution < -0.4 is 26.8 Å². The maximum atomic E-state index is 11.7. The lowest BCUT2D eigenvalue weighted by molar-refractivity contribution is 0.0525. The van der Waals surface area contributed by atoms with E-state index in [1.165, 1.54) is 11.3 Å². The molecule has 10 nitrogen and oxygen atoms in total. The molecule has 2 heterocycles. The van der Waals surface area contributed by atoms with Crippen molar-refractivity contribution in [3.05, 3.63) is 24.0 Å². The molecule has 1 aromatic carbocycles. The Balaban J connectivity index is 1.69. The summed E-state index contributed by atoms with van der Waals surface area (Å²) in [5.74, 6) is -0.391. The van der Waals surface area contributed by atoms with Crippen LogP contribution in [-0.4, -0.2) is 36.8 Å². The normalized spacial score (nSPS) is 11.5. The number of hydrogen-bond acceptors (Lipinski definition) is 7. The number of rotatable bonds is 7. The number of primary amides is 2. The van der Waals surface area contributed by atoms with Crippen LogP contribution in [0.2, 0.25) is 0 Å². The minimum Gasteiger partial charge on any atom is -0.494 e. The number of carbonyl (C=O) groups excluding carboxylic acids is 3. The molecule has 0 fully saturated rings. The van der Waals surface area contributed by atoms with Gasteiger partial charge in [0.2, 0.25) is 5.76 Å². The largest absolute Gasteiger partial charge is 0.494 e. The van der Waals surface area contributed by atoms with Gasteiger partial charge in [0.05, 0.1) is 11.3 Å². The van der Waals surface area contributed by atoms with E-state index in [0.29, 0.717) is 41.0 Å². The van der Waals surface area contributed by atoms with E-state index < -0.39 is 23.6 Å². The summed E-state index contributed by atoms with van der Waals surface area (Å²) in [5.41, 5.74) is 10.6. The number of anilines is 1. The minimum atomic E-state index is -0.827. The van der Waals surface area contributed by atoms with Crippen LogP contribution in [0.5, 0.6) is 5.75 Å². The average molecular weight is 449 g/mol. The quantitative estimate of drug-likeness (QED) is 0.405. The second-order valence-electron chi connectivity index (χ2n) is 7.71. The number of hydrogen-bond donors (Lipinski definition) is 4. The average Bonchev–Trinajstić information content (AvgIpc) is 3.16. The zero-order chi connectivity index (χ0) is 22.8. The van der Waals surface area contributed by atoms with Crippen LogP contribution in [-0.2, 0) is 4.74 Å². The van der Waals surface area contributed by atoms with Crippen molar-refractivity contribution >= 4 is 55.4 Å². The highest BCUT2D eigenvalue weighted by atomic mass is 32.1. The molecule has 0 atom stereocenters. The zero-order valence-corrected chi connectivity index (χ0v) is 18.2. The zero-order valence-electron chi connectivity index (χ0n) is 17.4. The summed E-state index contributed by atoms with van der Waals surface area (Å²) in [6.45, 7) is 6.17. The lowest BCUT2D eigenvalue weighted by Gasteiger charge is -2.19. The number of carbonyl (C=O) groups is 3. The van der Waals surface area contributed by atoms with E-state index in [4.69, 9.17) is 25.4 Å². The smallest absolute Gasteiger partial charge is 0.407 e. The van der Waals surface area contributed by atoms with Gasteiger partial charge in [-0.15, -0.1) is 11.3 Å². The molecule has 0 radical (unpaired) electrons. The molecule has 4 amide bonds. The summed E-state index contributed by atoms with van der Waals surface area (Å²) >= 11 is 1.33. The predicted molar refractivity (Wildman–Crippen MR) is 118 cm³/mol. The Morgan fingerprint density at radius 1 is 1.19 bits per heavy atom. The maximum absolute atomic E-state index is 11.7. The molecule has 0 aliphatic carbocycles. The van der Waals surface area contributed by atoms with E-state index >= 15 is 0 Å². The van der Waals surface area contributed by atoms with Crippen LogP contribution >= 0.6 is 11.3 Å². The van der Waals surface area contributed by atoms with Crippen LogP contribution in [0.3, 0.4) is 0 Å². The first-order valence-corrected chi connectivity index (χ1v) is 10.3. The molecule has 2 aromatic heterocycles. The molecule has 0 saturated carbocycles. The predicted octanol–water partition coefficient (Wildman–Crippen LogP) is 3.53. The van der Waals surface area contributed by atoms with Gasteiger partial charge < -0.3 is 36.0 Å². The third-order valence-electron chi connectivity index (χ3n) is 4.00. The Morgan fingerprint density at radius 3 is 2.58 bits per heavy atom. The van der Waals surface area contributed by atoms with Gasteiger partial charge in [0.25, 0.3) is 5.91 Å². The molecule has 3 rings (SSSR count). The molecule has 6 N–H and O–H groups in total. The fourth-order valence-electron chi connectivity index (χ4n) is 2.84. The fourth-order valence-corrected chi connectivity index (χ4v) is 3.95. The van der Waals surface area contributed by atoms with Crippen molar-refractivity contribution in [3.63, 3.8) is 0 Å². The third-order valence-corrected chi connectivity index (χ3v) is 5.17. The van der Waals surface area contributed by atoms with Crippen LogP contribution in [0.25, 0.3) is 20.4 Å². The lowest BCUT2D eigenvalue weighted by atomic mass is 10.2. The molecule has 0 bridgehead atoms. The number of nitrogens with two attached hydrogens (primary N) is 2. The standard InChI is InChI=1S/C20H24N4O6S/c1-20(2,3)30-19(27)23-7-4-8-28-10-5-6-12-11(9-10)14-16(31-12)13(24-18(22)26)15(29-14)17(21)25/h5-6,9H,4,7-8H2,1-3H3,(H2,21,25)(H,23,27)(H3,22,24,26). The number of ether oxygens (including phenoxy) is 2. The van der Waals surface area contributed by atoms with Gasteiger partial charge in [-0.2, -0.15) is 0 Å². The second kappa shape index (κ2) is 8.72. The molecule has 166 valence electrons. The number of benzene rings is 1. The van der Waals surface area contributed by atoms with Gasteiger partial charge in [-0.1, -0.05) is 0 Å². The summed E-state index contributed by atoms with van der Waals surface area (Å²) in [7, 11) is 0. The summed E-state index contributed by atoms with van der Waals surface area (Å²) < 4.78 is 18.0. The highest BCUT2D eigenvalue weighted by Gasteiger charge is 2.23. The Labute approximate surface area is 181 Å². The Hall–Kier alpha value is -3.47. The Bertz CT molecular complexity index is 1140. The van der Waals surface area contributed by atoms with Crippen LogP contribution in [0.4, 0.5) is 15.3 Å². The number of amides is 4. The van der Waals surface area contributed by atoms with Crippen LogP contribution in [0.15, 0.2) is 22.6 Å². The van der Waals surface area contributed by atoms with E-state index in [9.17, 15) is 14.4 Å². The van der Waals surface area contributed by atoms with E-state index in [2.05, 4.69) is 10.6 Å². The van der Waals surface area contributed by atoms with E-state index in [-0.39, 0.29) is 11.4 Å². The molecule has 11 heteroatoms. The molecular weight excluding hydrogens is 424 g/mol. The summed E-state index contributed by atoms with van der Waals surface area (Å²) in [4.78, 5) is 34.6. The molecule has 0 aliphatic rings. The SMILES string of the molecule is CC(C)(C)OC(=O)NCCCOc1ccc2sc3c(NC(N)=O)c(C(N)=O)oc3c2c1. The maximum Gasteiger partial charge on any atom is 0.407 e. The monoisotopic (exact) mass is 448 g/mol. The number of urea groups is 1. The van der Waals surface area contributed by atoms with Crippen molar-refractivity contribution in [1.82, 2.24) is 5.32 Å². The van der Waals surface area contributed by atoms with E-state index in [1.54, 1.807) is 32.9 Å². The Morgan fingerprint density at radius 2 is 1.94 bits per heavy atom. The molecule has 0 aliphatic heterocycles. The second-order valence-corrected chi connectivity index (χ2v) is 8.76. The summed E-state index contributed by atoms with van der Waals surface area (Å²) in [6.07, 6.45) is 0.105. The van der Waals surface area contributed by atoms with Gasteiger partial charge in [-0.05, 0) is 45.4 Å². The fraction of sp³-hybridized carbons (Fsp3) is 0.350. The molecule has 0 spiro atoms. The molecular formula is C20H24N4O6S. The van der Waals surface area contributed by atoms with Crippen LogP contribution in [0, 0.1) is 0 Å².